The van der Waals surface area contributed by atoms with Gasteiger partial charge in [0.25, 0.3) is 0 Å². The Hall–Kier alpha value is -1.13. The molecule has 2 atom stereocenters. The minimum Gasteiger partial charge on any atom is -0.371 e. The maximum absolute atomic E-state index is 5.93. The number of nitrogens with zero attached hydrogens (tertiary/aromatic N) is 2. The molecule has 2 unspecified atom stereocenters. The maximum atomic E-state index is 5.93. The maximum Gasteiger partial charge on any atom is 0.133 e. The third-order valence-electron chi connectivity index (χ3n) is 4.27. The average Bonchev–Trinajstić information content (AvgIpc) is 2.84. The Morgan fingerprint density at radius 1 is 1.20 bits per heavy atom. The molecule has 4 heteroatoms. The lowest BCUT2D eigenvalue weighted by molar-refractivity contribution is 0.0302. The fraction of sp³-hybridized carbons (Fsp3) is 0.438. The summed E-state index contributed by atoms with van der Waals surface area (Å²) in [5.41, 5.74) is 2.34. The number of para-hydroxylation sites is 1. The first-order valence-electron chi connectivity index (χ1n) is 7.18. The second kappa shape index (κ2) is 5.01. The molecular weight excluding hydrogens is 316 g/mol. The minimum atomic E-state index is 0.394. The highest BCUT2D eigenvalue weighted by Crippen LogP contribution is 2.32. The molecule has 0 N–H and O–H groups in total. The smallest absolute Gasteiger partial charge is 0.133 e. The molecule has 3 nitrogen and oxygen atoms in total. The van der Waals surface area contributed by atoms with Crippen molar-refractivity contribution in [2.75, 3.05) is 18.0 Å². The molecule has 2 saturated heterocycles. The summed E-state index contributed by atoms with van der Waals surface area (Å²) in [4.78, 5) is 7.32. The van der Waals surface area contributed by atoms with E-state index in [0.717, 1.165) is 29.8 Å². The van der Waals surface area contributed by atoms with Gasteiger partial charge in [-0.25, -0.2) is 4.98 Å². The Morgan fingerprint density at radius 2 is 1.95 bits per heavy atom. The van der Waals surface area contributed by atoms with Crippen LogP contribution in [0.4, 0.5) is 5.82 Å². The number of halogens is 1. The number of hydrogen-bond acceptors (Lipinski definition) is 3. The normalized spacial score (nSPS) is 25.4. The summed E-state index contributed by atoms with van der Waals surface area (Å²) in [6.45, 7) is 1.95. The van der Waals surface area contributed by atoms with Gasteiger partial charge in [0, 0.05) is 29.4 Å². The van der Waals surface area contributed by atoms with Crippen molar-refractivity contribution in [2.24, 2.45) is 0 Å². The number of alkyl halides is 1. The van der Waals surface area contributed by atoms with Gasteiger partial charge in [-0.1, -0.05) is 34.1 Å². The first-order chi connectivity index (χ1) is 9.83. The summed E-state index contributed by atoms with van der Waals surface area (Å²) >= 11 is 3.61. The topological polar surface area (TPSA) is 25.4 Å². The Morgan fingerprint density at radius 3 is 2.70 bits per heavy atom. The lowest BCUT2D eigenvalue weighted by Crippen LogP contribution is -2.43. The summed E-state index contributed by atoms with van der Waals surface area (Å²) in [5, 5.41) is 2.05. The van der Waals surface area contributed by atoms with E-state index < -0.39 is 0 Å². The quantitative estimate of drug-likeness (QED) is 0.787. The second-order valence-corrected chi connectivity index (χ2v) is 6.22. The Balaban J connectivity index is 1.77. The fourth-order valence-corrected chi connectivity index (χ4v) is 3.72. The number of aromatic nitrogens is 1. The van der Waals surface area contributed by atoms with E-state index in [1.807, 2.05) is 0 Å². The van der Waals surface area contributed by atoms with Gasteiger partial charge in [0.15, 0.2) is 0 Å². The van der Waals surface area contributed by atoms with E-state index in [0.29, 0.717) is 12.2 Å². The van der Waals surface area contributed by atoms with Gasteiger partial charge in [-0.05, 0) is 25.0 Å². The van der Waals surface area contributed by atoms with Crippen molar-refractivity contribution in [3.8, 4) is 0 Å². The number of ether oxygens (including phenoxy) is 1. The minimum absolute atomic E-state index is 0.394. The molecule has 3 heterocycles. The monoisotopic (exact) mass is 332 g/mol. The summed E-state index contributed by atoms with van der Waals surface area (Å²) in [6, 6.07) is 10.6. The number of hydrogen-bond donors (Lipinski definition) is 0. The molecule has 0 amide bonds. The van der Waals surface area contributed by atoms with Crippen molar-refractivity contribution in [3.05, 3.63) is 35.9 Å². The van der Waals surface area contributed by atoms with Crippen LogP contribution in [0.25, 0.3) is 10.9 Å². The first-order valence-corrected chi connectivity index (χ1v) is 8.30. The SMILES string of the molecule is BrCc1cc2ccccc2nc1N1CC2CCC(C1)O2. The van der Waals surface area contributed by atoms with Crippen LogP contribution in [0.2, 0.25) is 0 Å². The van der Waals surface area contributed by atoms with Crippen LogP contribution in [-0.4, -0.2) is 30.3 Å². The van der Waals surface area contributed by atoms with Gasteiger partial charge in [0.1, 0.15) is 5.82 Å². The zero-order valence-corrected chi connectivity index (χ0v) is 12.8. The van der Waals surface area contributed by atoms with Crippen LogP contribution in [0.3, 0.4) is 0 Å². The van der Waals surface area contributed by atoms with Crippen LogP contribution in [0.1, 0.15) is 18.4 Å². The van der Waals surface area contributed by atoms with Crippen molar-refractivity contribution in [2.45, 2.75) is 30.4 Å². The highest BCUT2D eigenvalue weighted by Gasteiger charge is 2.34. The summed E-state index contributed by atoms with van der Waals surface area (Å²) in [6.07, 6.45) is 3.17. The fourth-order valence-electron chi connectivity index (χ4n) is 3.31. The number of pyridine rings is 1. The van der Waals surface area contributed by atoms with E-state index in [4.69, 9.17) is 9.72 Å². The third kappa shape index (κ3) is 2.11. The predicted molar refractivity (Wildman–Crippen MR) is 84.5 cm³/mol. The summed E-state index contributed by atoms with van der Waals surface area (Å²) in [5.74, 6) is 1.13. The van der Waals surface area contributed by atoms with Crippen LogP contribution in [-0.2, 0) is 10.1 Å². The molecule has 1 aromatic heterocycles. The van der Waals surface area contributed by atoms with E-state index in [9.17, 15) is 0 Å². The average molecular weight is 333 g/mol. The summed E-state index contributed by atoms with van der Waals surface area (Å²) in [7, 11) is 0. The van der Waals surface area contributed by atoms with Gasteiger partial charge in [0.2, 0.25) is 0 Å². The van der Waals surface area contributed by atoms with Crippen molar-refractivity contribution >= 4 is 32.7 Å². The molecule has 4 rings (SSSR count). The molecule has 2 aliphatic heterocycles. The zero-order valence-electron chi connectivity index (χ0n) is 11.3. The molecule has 0 spiro atoms. The van der Waals surface area contributed by atoms with Crippen LogP contribution < -0.4 is 4.90 Å². The van der Waals surface area contributed by atoms with Crippen LogP contribution in [0, 0.1) is 0 Å². The van der Waals surface area contributed by atoms with Gasteiger partial charge in [0.05, 0.1) is 17.7 Å². The molecular formula is C16H17BrN2O. The van der Waals surface area contributed by atoms with E-state index in [2.05, 4.69) is 51.2 Å². The van der Waals surface area contributed by atoms with Gasteiger partial charge >= 0.3 is 0 Å². The Labute approximate surface area is 127 Å². The summed E-state index contributed by atoms with van der Waals surface area (Å²) < 4.78 is 5.93. The molecule has 1 aromatic carbocycles. The molecule has 0 aliphatic carbocycles. The van der Waals surface area contributed by atoms with E-state index in [1.165, 1.54) is 23.8 Å². The molecule has 0 radical (unpaired) electrons. The molecule has 0 saturated carbocycles. The number of anilines is 1. The number of benzene rings is 1. The lowest BCUT2D eigenvalue weighted by atomic mass is 10.1. The highest BCUT2D eigenvalue weighted by atomic mass is 79.9. The lowest BCUT2D eigenvalue weighted by Gasteiger charge is -2.34. The molecule has 2 aromatic rings. The van der Waals surface area contributed by atoms with Gasteiger partial charge in [-0.2, -0.15) is 0 Å². The van der Waals surface area contributed by atoms with Gasteiger partial charge < -0.3 is 9.64 Å². The highest BCUT2D eigenvalue weighted by molar-refractivity contribution is 9.08. The van der Waals surface area contributed by atoms with Crippen LogP contribution in [0.15, 0.2) is 30.3 Å². The first kappa shape index (κ1) is 12.6. The van der Waals surface area contributed by atoms with E-state index in [1.54, 1.807) is 0 Å². The standard InChI is InChI=1S/C16H17BrN2O/c17-8-12-7-11-3-1-2-4-15(11)18-16(12)19-9-13-5-6-14(10-19)20-13/h1-4,7,13-14H,5-6,8-10H2. The number of rotatable bonds is 2. The molecule has 20 heavy (non-hydrogen) atoms. The molecule has 2 bridgehead atoms. The largest absolute Gasteiger partial charge is 0.371 e. The van der Waals surface area contributed by atoms with Crippen LogP contribution in [0.5, 0.6) is 0 Å². The Kier molecular flexibility index (Phi) is 3.15. The number of fused-ring (bicyclic) bond motifs is 3. The van der Waals surface area contributed by atoms with Gasteiger partial charge in [-0.15, -0.1) is 0 Å². The molecule has 2 fully saturated rings. The molecule has 104 valence electrons. The predicted octanol–water partition coefficient (Wildman–Crippen LogP) is 3.50. The van der Waals surface area contributed by atoms with E-state index >= 15 is 0 Å². The van der Waals surface area contributed by atoms with Crippen molar-refractivity contribution in [1.82, 2.24) is 4.98 Å². The second-order valence-electron chi connectivity index (χ2n) is 5.66. The van der Waals surface area contributed by atoms with Crippen molar-refractivity contribution < 1.29 is 4.74 Å². The van der Waals surface area contributed by atoms with Crippen molar-refractivity contribution in [3.63, 3.8) is 0 Å². The van der Waals surface area contributed by atoms with Gasteiger partial charge in [-0.3, -0.25) is 0 Å². The van der Waals surface area contributed by atoms with E-state index in [-0.39, 0.29) is 0 Å². The molecule has 2 aliphatic rings. The van der Waals surface area contributed by atoms with Crippen molar-refractivity contribution in [1.29, 1.82) is 0 Å². The van der Waals surface area contributed by atoms with Crippen LogP contribution >= 0.6 is 15.9 Å². The Bertz CT molecular complexity index is 633. The zero-order chi connectivity index (χ0) is 13.5. The number of morpholine rings is 1. The third-order valence-corrected chi connectivity index (χ3v) is 4.87.